The average molecular weight is 413 g/mol. The number of anilines is 1. The summed E-state index contributed by atoms with van der Waals surface area (Å²) < 4.78 is 6.28. The van der Waals surface area contributed by atoms with E-state index < -0.39 is 42.8 Å². The number of nitrogens with one attached hydrogen (secondary N) is 1. The van der Waals surface area contributed by atoms with Crippen molar-refractivity contribution in [2.24, 2.45) is 0 Å². The molecule has 156 valence electrons. The molecule has 30 heavy (non-hydrogen) atoms. The quantitative estimate of drug-likeness (QED) is 0.431. The molecule has 0 radical (unpaired) electrons. The second kappa shape index (κ2) is 8.20. The topological polar surface area (TPSA) is 143 Å². The van der Waals surface area contributed by atoms with Crippen LogP contribution in [0.1, 0.15) is 16.6 Å². The highest BCUT2D eigenvalue weighted by Crippen LogP contribution is 2.28. The zero-order valence-corrected chi connectivity index (χ0v) is 15.6. The van der Waals surface area contributed by atoms with E-state index in [1.807, 2.05) is 24.3 Å². The summed E-state index contributed by atoms with van der Waals surface area (Å²) in [6, 6.07) is 13.9. The number of carbonyl (C=O) groups excluding carboxylic acids is 1. The molecule has 3 aromatic rings. The molecular weight excluding hydrogens is 394 g/mol. The SMILES string of the molecule is O=C(ONc1ccn([C@@H]2O[C@H](CO)[C@@H](O)[C@H]2O)c(=O)n1)c1cccc2ccccc12. The van der Waals surface area contributed by atoms with Gasteiger partial charge in [-0.05, 0) is 16.8 Å². The minimum Gasteiger partial charge on any atom is -0.394 e. The van der Waals surface area contributed by atoms with Crippen molar-refractivity contribution in [1.29, 1.82) is 0 Å². The fraction of sp³-hybridized carbons (Fsp3) is 0.250. The molecule has 0 bridgehead atoms. The average Bonchev–Trinajstić information content (AvgIpc) is 3.05. The highest BCUT2D eigenvalue weighted by Gasteiger charge is 2.43. The standard InChI is InChI=1S/C20H19N3O7/c24-10-14-16(25)17(26)18(29-14)23-9-8-15(21-20(23)28)22-30-19(27)13-7-3-5-11-4-1-2-6-12(11)13/h1-9,14,16-18,24-26H,10H2,(H,21,22,28)/t14-,16-,17-,18-/m1/s1. The van der Waals surface area contributed by atoms with Crippen LogP contribution in [0.5, 0.6) is 0 Å². The smallest absolute Gasteiger partial charge is 0.363 e. The van der Waals surface area contributed by atoms with Crippen LogP contribution in [0.4, 0.5) is 5.82 Å². The zero-order valence-electron chi connectivity index (χ0n) is 15.6. The van der Waals surface area contributed by atoms with Crippen LogP contribution in [0.25, 0.3) is 10.8 Å². The van der Waals surface area contributed by atoms with Crippen LogP contribution in [0.15, 0.2) is 59.5 Å². The summed E-state index contributed by atoms with van der Waals surface area (Å²) in [6.45, 7) is -0.513. The number of carbonyl (C=O) groups is 1. The molecule has 10 nitrogen and oxygen atoms in total. The van der Waals surface area contributed by atoms with Gasteiger partial charge in [-0.2, -0.15) is 10.5 Å². The summed E-state index contributed by atoms with van der Waals surface area (Å²) in [4.78, 5) is 33.5. The second-order valence-electron chi connectivity index (χ2n) is 6.75. The number of fused-ring (bicyclic) bond motifs is 1. The minimum atomic E-state index is -1.41. The Morgan fingerprint density at radius 2 is 1.90 bits per heavy atom. The number of nitrogens with zero attached hydrogens (tertiary/aromatic N) is 2. The van der Waals surface area contributed by atoms with Crippen LogP contribution in [-0.2, 0) is 9.57 Å². The molecule has 1 aliphatic rings. The first-order chi connectivity index (χ1) is 14.5. The molecule has 2 heterocycles. The molecule has 1 fully saturated rings. The Bertz CT molecular complexity index is 1130. The number of rotatable bonds is 5. The van der Waals surface area contributed by atoms with E-state index >= 15 is 0 Å². The Labute approximate surface area is 169 Å². The molecule has 0 unspecified atom stereocenters. The lowest BCUT2D eigenvalue weighted by Crippen LogP contribution is -2.36. The van der Waals surface area contributed by atoms with Crippen molar-refractivity contribution < 1.29 is 29.7 Å². The minimum absolute atomic E-state index is 0.0309. The van der Waals surface area contributed by atoms with Gasteiger partial charge in [-0.15, -0.1) is 0 Å². The van der Waals surface area contributed by atoms with E-state index in [1.165, 1.54) is 12.3 Å². The van der Waals surface area contributed by atoms with Crippen molar-refractivity contribution in [2.75, 3.05) is 12.1 Å². The molecule has 10 heteroatoms. The molecule has 2 aromatic carbocycles. The number of aliphatic hydroxyl groups excluding tert-OH is 3. The molecule has 4 rings (SSSR count). The van der Waals surface area contributed by atoms with E-state index in [1.54, 1.807) is 18.2 Å². The number of benzene rings is 2. The van der Waals surface area contributed by atoms with Crippen LogP contribution in [0.3, 0.4) is 0 Å². The summed E-state index contributed by atoms with van der Waals surface area (Å²) in [5.41, 5.74) is 1.88. The highest BCUT2D eigenvalue weighted by atomic mass is 16.7. The van der Waals surface area contributed by atoms with Crippen molar-refractivity contribution in [1.82, 2.24) is 9.55 Å². The van der Waals surface area contributed by atoms with Crippen molar-refractivity contribution >= 4 is 22.6 Å². The lowest BCUT2D eigenvalue weighted by atomic mass is 10.1. The summed E-state index contributed by atoms with van der Waals surface area (Å²) in [5, 5.41) is 30.6. The van der Waals surface area contributed by atoms with Crippen LogP contribution in [-0.4, -0.2) is 55.8 Å². The van der Waals surface area contributed by atoms with Gasteiger partial charge < -0.3 is 24.9 Å². The normalized spacial score (nSPS) is 23.4. The molecule has 4 N–H and O–H groups in total. The van der Waals surface area contributed by atoms with E-state index in [0.29, 0.717) is 5.56 Å². The number of ether oxygens (including phenoxy) is 1. The maximum Gasteiger partial charge on any atom is 0.363 e. The second-order valence-corrected chi connectivity index (χ2v) is 6.75. The number of aliphatic hydroxyl groups is 3. The monoisotopic (exact) mass is 413 g/mol. The first-order valence-electron chi connectivity index (χ1n) is 9.16. The third-order valence-corrected chi connectivity index (χ3v) is 4.88. The van der Waals surface area contributed by atoms with Gasteiger partial charge in [-0.1, -0.05) is 36.4 Å². The summed E-state index contributed by atoms with van der Waals surface area (Å²) in [7, 11) is 0. The van der Waals surface area contributed by atoms with Crippen LogP contribution >= 0.6 is 0 Å². The van der Waals surface area contributed by atoms with Crippen molar-refractivity contribution in [3.05, 3.63) is 70.8 Å². The predicted molar refractivity (Wildman–Crippen MR) is 104 cm³/mol. The highest BCUT2D eigenvalue weighted by molar-refractivity contribution is 6.04. The molecule has 1 aromatic heterocycles. The van der Waals surface area contributed by atoms with Gasteiger partial charge in [-0.25, -0.2) is 9.59 Å². The van der Waals surface area contributed by atoms with Crippen LogP contribution in [0, 0.1) is 0 Å². The molecule has 1 aliphatic heterocycles. The predicted octanol–water partition coefficient (Wildman–Crippen LogP) is 0.192. The molecular formula is C20H19N3O7. The van der Waals surface area contributed by atoms with Gasteiger partial charge in [0.1, 0.15) is 18.3 Å². The molecule has 0 aliphatic carbocycles. The number of hydrogen-bond acceptors (Lipinski definition) is 9. The van der Waals surface area contributed by atoms with Crippen molar-refractivity contribution in [3.8, 4) is 0 Å². The van der Waals surface area contributed by atoms with Crippen LogP contribution < -0.4 is 11.2 Å². The van der Waals surface area contributed by atoms with Gasteiger partial charge in [0.15, 0.2) is 12.0 Å². The van der Waals surface area contributed by atoms with Crippen molar-refractivity contribution in [3.63, 3.8) is 0 Å². The third-order valence-electron chi connectivity index (χ3n) is 4.88. The molecule has 0 saturated carbocycles. The first kappa shape index (κ1) is 20.0. The van der Waals surface area contributed by atoms with Gasteiger partial charge in [0.05, 0.1) is 12.2 Å². The maximum absolute atomic E-state index is 12.4. The van der Waals surface area contributed by atoms with E-state index in [0.717, 1.165) is 15.3 Å². The van der Waals surface area contributed by atoms with Crippen molar-refractivity contribution in [2.45, 2.75) is 24.5 Å². The Balaban J connectivity index is 1.48. The number of hydrogen-bond donors (Lipinski definition) is 4. The number of aromatic nitrogens is 2. The lowest BCUT2D eigenvalue weighted by Gasteiger charge is -2.17. The van der Waals surface area contributed by atoms with Gasteiger partial charge in [0.25, 0.3) is 0 Å². The van der Waals surface area contributed by atoms with Gasteiger partial charge >= 0.3 is 11.7 Å². The Hall–Kier alpha value is -3.31. The van der Waals surface area contributed by atoms with E-state index in [4.69, 9.17) is 14.7 Å². The summed E-state index contributed by atoms with van der Waals surface area (Å²) >= 11 is 0. The van der Waals surface area contributed by atoms with Crippen LogP contribution in [0.2, 0.25) is 0 Å². The van der Waals surface area contributed by atoms with Gasteiger partial charge in [-0.3, -0.25) is 4.57 Å². The van der Waals surface area contributed by atoms with Gasteiger partial charge in [0.2, 0.25) is 0 Å². The zero-order chi connectivity index (χ0) is 21.3. The molecule has 0 amide bonds. The molecule has 0 spiro atoms. The fourth-order valence-electron chi connectivity index (χ4n) is 3.33. The summed E-state index contributed by atoms with van der Waals surface area (Å²) in [6.07, 6.45) is -3.71. The van der Waals surface area contributed by atoms with Gasteiger partial charge in [0, 0.05) is 12.3 Å². The Morgan fingerprint density at radius 1 is 1.13 bits per heavy atom. The Morgan fingerprint density at radius 3 is 2.63 bits per heavy atom. The fourth-order valence-corrected chi connectivity index (χ4v) is 3.33. The molecule has 1 saturated heterocycles. The first-order valence-corrected chi connectivity index (χ1v) is 9.16. The Kier molecular flexibility index (Phi) is 5.46. The van der Waals surface area contributed by atoms with E-state index in [9.17, 15) is 19.8 Å². The maximum atomic E-state index is 12.4. The van der Waals surface area contributed by atoms with E-state index in [-0.39, 0.29) is 5.82 Å². The molecule has 4 atom stereocenters. The largest absolute Gasteiger partial charge is 0.394 e. The third kappa shape index (κ3) is 3.64. The van der Waals surface area contributed by atoms with E-state index in [2.05, 4.69) is 10.5 Å². The lowest BCUT2D eigenvalue weighted by molar-refractivity contribution is -0.0549. The summed E-state index contributed by atoms with van der Waals surface area (Å²) in [5.74, 6) is -0.683.